The second-order valence-electron chi connectivity index (χ2n) is 4.81. The van der Waals surface area contributed by atoms with Gasteiger partial charge in [-0.2, -0.15) is 0 Å². The summed E-state index contributed by atoms with van der Waals surface area (Å²) in [6, 6.07) is 4.07. The van der Waals surface area contributed by atoms with Gasteiger partial charge in [-0.3, -0.25) is 4.79 Å². The Labute approximate surface area is 108 Å². The Morgan fingerprint density at radius 1 is 1.50 bits per heavy atom. The van der Waals surface area contributed by atoms with Gasteiger partial charge in [-0.05, 0) is 45.2 Å². The smallest absolute Gasteiger partial charge is 0.255 e. The highest BCUT2D eigenvalue weighted by Crippen LogP contribution is 2.19. The summed E-state index contributed by atoms with van der Waals surface area (Å²) in [6.45, 7) is 5.85. The molecule has 2 rings (SSSR count). The van der Waals surface area contributed by atoms with Gasteiger partial charge in [0.05, 0.1) is 5.56 Å². The lowest BCUT2D eigenvalue weighted by Crippen LogP contribution is -2.42. The predicted octanol–water partition coefficient (Wildman–Crippen LogP) is 2.53. The van der Waals surface area contributed by atoms with Crippen LogP contribution in [0.2, 0.25) is 0 Å². The van der Waals surface area contributed by atoms with E-state index in [1.165, 1.54) is 6.42 Å². The van der Waals surface area contributed by atoms with Crippen LogP contribution >= 0.6 is 0 Å². The number of rotatable bonds is 3. The van der Waals surface area contributed by atoms with Crippen LogP contribution in [0, 0.1) is 0 Å². The van der Waals surface area contributed by atoms with E-state index >= 15 is 0 Å². The number of aromatic nitrogens is 1. The molecule has 1 atom stereocenters. The minimum atomic E-state index is 0.109. The fraction of sp³-hybridized carbons (Fsp3) is 0.571. The molecule has 2 heterocycles. The van der Waals surface area contributed by atoms with E-state index in [1.807, 2.05) is 24.0 Å². The predicted molar refractivity (Wildman–Crippen MR) is 72.8 cm³/mol. The van der Waals surface area contributed by atoms with Crippen molar-refractivity contribution in [1.82, 2.24) is 9.88 Å². The van der Waals surface area contributed by atoms with Crippen molar-refractivity contribution in [3.05, 3.63) is 23.9 Å². The SMILES string of the molecule is CCNc1ccc(C(=O)N2CCCCC2C)cn1. The highest BCUT2D eigenvalue weighted by Gasteiger charge is 2.24. The zero-order valence-electron chi connectivity index (χ0n) is 11.1. The van der Waals surface area contributed by atoms with Crippen molar-refractivity contribution in [2.24, 2.45) is 0 Å². The van der Waals surface area contributed by atoms with Gasteiger partial charge in [-0.1, -0.05) is 0 Å². The second kappa shape index (κ2) is 5.85. The molecule has 1 amide bonds. The van der Waals surface area contributed by atoms with Crippen molar-refractivity contribution >= 4 is 11.7 Å². The maximum absolute atomic E-state index is 12.3. The van der Waals surface area contributed by atoms with E-state index in [2.05, 4.69) is 17.2 Å². The zero-order chi connectivity index (χ0) is 13.0. The van der Waals surface area contributed by atoms with Crippen LogP contribution in [-0.2, 0) is 0 Å². The minimum absolute atomic E-state index is 0.109. The molecular weight excluding hydrogens is 226 g/mol. The van der Waals surface area contributed by atoms with Gasteiger partial charge in [0.25, 0.3) is 5.91 Å². The molecule has 1 saturated heterocycles. The molecule has 1 unspecified atom stereocenters. The van der Waals surface area contributed by atoms with E-state index in [1.54, 1.807) is 6.20 Å². The molecule has 0 spiro atoms. The maximum Gasteiger partial charge on any atom is 0.255 e. The van der Waals surface area contributed by atoms with Crippen molar-refractivity contribution < 1.29 is 4.79 Å². The number of nitrogens with zero attached hydrogens (tertiary/aromatic N) is 2. The van der Waals surface area contributed by atoms with Gasteiger partial charge in [0, 0.05) is 25.3 Å². The highest BCUT2D eigenvalue weighted by atomic mass is 16.2. The summed E-state index contributed by atoms with van der Waals surface area (Å²) in [6.07, 6.45) is 5.11. The topological polar surface area (TPSA) is 45.2 Å². The van der Waals surface area contributed by atoms with E-state index in [0.29, 0.717) is 11.6 Å². The van der Waals surface area contributed by atoms with Gasteiger partial charge >= 0.3 is 0 Å². The average Bonchev–Trinajstić information content (AvgIpc) is 2.40. The van der Waals surface area contributed by atoms with Gasteiger partial charge in [0.15, 0.2) is 0 Å². The molecule has 0 saturated carbocycles. The Bertz CT molecular complexity index is 402. The molecule has 18 heavy (non-hydrogen) atoms. The molecule has 4 heteroatoms. The third-order valence-corrected chi connectivity index (χ3v) is 3.43. The summed E-state index contributed by atoms with van der Waals surface area (Å²) >= 11 is 0. The van der Waals surface area contributed by atoms with Crippen LogP contribution in [-0.4, -0.2) is 34.9 Å². The fourth-order valence-corrected chi connectivity index (χ4v) is 2.37. The van der Waals surface area contributed by atoms with Crippen molar-refractivity contribution in [2.45, 2.75) is 39.2 Å². The van der Waals surface area contributed by atoms with Crippen LogP contribution in [0.5, 0.6) is 0 Å². The Balaban J connectivity index is 2.08. The third-order valence-electron chi connectivity index (χ3n) is 3.43. The summed E-state index contributed by atoms with van der Waals surface area (Å²) in [5.41, 5.74) is 0.686. The molecule has 0 aliphatic carbocycles. The van der Waals surface area contributed by atoms with E-state index < -0.39 is 0 Å². The summed E-state index contributed by atoms with van der Waals surface area (Å²) in [7, 11) is 0. The van der Waals surface area contributed by atoms with E-state index in [-0.39, 0.29) is 5.91 Å². The van der Waals surface area contributed by atoms with Gasteiger partial charge in [0.2, 0.25) is 0 Å². The zero-order valence-corrected chi connectivity index (χ0v) is 11.1. The van der Waals surface area contributed by atoms with Crippen LogP contribution < -0.4 is 5.32 Å². The molecule has 0 aromatic carbocycles. The number of anilines is 1. The number of carbonyl (C=O) groups is 1. The molecule has 98 valence electrons. The molecule has 1 aromatic rings. The highest BCUT2D eigenvalue weighted by molar-refractivity contribution is 5.94. The molecule has 0 radical (unpaired) electrons. The summed E-state index contributed by atoms with van der Waals surface area (Å²) < 4.78 is 0. The number of hydrogen-bond donors (Lipinski definition) is 1. The first-order valence-electron chi connectivity index (χ1n) is 6.73. The van der Waals surface area contributed by atoms with Gasteiger partial charge in [-0.15, -0.1) is 0 Å². The fourth-order valence-electron chi connectivity index (χ4n) is 2.37. The van der Waals surface area contributed by atoms with Crippen molar-refractivity contribution in [2.75, 3.05) is 18.4 Å². The molecule has 1 aliphatic rings. The largest absolute Gasteiger partial charge is 0.370 e. The first kappa shape index (κ1) is 12.9. The summed E-state index contributed by atoms with van der Waals surface area (Å²) in [5, 5.41) is 3.13. The van der Waals surface area contributed by atoms with E-state index in [9.17, 15) is 4.79 Å². The molecule has 4 nitrogen and oxygen atoms in total. The van der Waals surface area contributed by atoms with Gasteiger partial charge in [-0.25, -0.2) is 4.98 Å². The monoisotopic (exact) mass is 247 g/mol. The third kappa shape index (κ3) is 2.81. The van der Waals surface area contributed by atoms with Gasteiger partial charge < -0.3 is 10.2 Å². The first-order chi connectivity index (χ1) is 8.72. The molecule has 1 N–H and O–H groups in total. The van der Waals surface area contributed by atoms with Crippen LogP contribution in [0.1, 0.15) is 43.5 Å². The number of carbonyl (C=O) groups excluding carboxylic acids is 1. The van der Waals surface area contributed by atoms with Crippen LogP contribution in [0.15, 0.2) is 18.3 Å². The summed E-state index contributed by atoms with van der Waals surface area (Å²) in [4.78, 5) is 18.6. The standard InChI is InChI=1S/C14H21N3O/c1-3-15-13-8-7-12(10-16-13)14(18)17-9-5-4-6-11(17)2/h7-8,10-11H,3-6,9H2,1-2H3,(H,15,16). The first-order valence-corrected chi connectivity index (χ1v) is 6.73. The Morgan fingerprint density at radius 3 is 2.94 bits per heavy atom. The normalized spacial score (nSPS) is 19.7. The van der Waals surface area contributed by atoms with Crippen LogP contribution in [0.4, 0.5) is 5.82 Å². The average molecular weight is 247 g/mol. The maximum atomic E-state index is 12.3. The number of hydrogen-bond acceptors (Lipinski definition) is 3. The molecular formula is C14H21N3O. The number of amides is 1. The lowest BCUT2D eigenvalue weighted by atomic mass is 10.0. The second-order valence-corrected chi connectivity index (χ2v) is 4.81. The number of likely N-dealkylation sites (tertiary alicyclic amines) is 1. The minimum Gasteiger partial charge on any atom is -0.370 e. The Kier molecular flexibility index (Phi) is 4.18. The van der Waals surface area contributed by atoms with Crippen molar-refractivity contribution in [3.8, 4) is 0 Å². The molecule has 1 fully saturated rings. The molecule has 1 aliphatic heterocycles. The Morgan fingerprint density at radius 2 is 2.33 bits per heavy atom. The van der Waals surface area contributed by atoms with E-state index in [4.69, 9.17) is 0 Å². The van der Waals surface area contributed by atoms with Gasteiger partial charge in [0.1, 0.15) is 5.82 Å². The Hall–Kier alpha value is -1.58. The van der Waals surface area contributed by atoms with E-state index in [0.717, 1.165) is 31.7 Å². The van der Waals surface area contributed by atoms with Crippen molar-refractivity contribution in [3.63, 3.8) is 0 Å². The number of nitrogens with one attached hydrogen (secondary N) is 1. The number of piperidine rings is 1. The molecule has 0 bridgehead atoms. The summed E-state index contributed by atoms with van der Waals surface area (Å²) in [5.74, 6) is 0.929. The number of pyridine rings is 1. The molecule has 1 aromatic heterocycles. The lowest BCUT2D eigenvalue weighted by molar-refractivity contribution is 0.0635. The van der Waals surface area contributed by atoms with Crippen LogP contribution in [0.3, 0.4) is 0 Å². The quantitative estimate of drug-likeness (QED) is 0.892. The lowest BCUT2D eigenvalue weighted by Gasteiger charge is -2.33. The van der Waals surface area contributed by atoms with Crippen molar-refractivity contribution in [1.29, 1.82) is 0 Å². The van der Waals surface area contributed by atoms with Crippen LogP contribution in [0.25, 0.3) is 0 Å².